The van der Waals surface area contributed by atoms with Crippen LogP contribution in [0, 0.1) is 5.92 Å². The fraction of sp³-hybridized carbons (Fsp3) is 0.571. The zero-order valence-corrected chi connectivity index (χ0v) is 10.4. The molecule has 0 bridgehead atoms. The van der Waals surface area contributed by atoms with Gasteiger partial charge in [-0.2, -0.15) is 0 Å². The van der Waals surface area contributed by atoms with Crippen LogP contribution in [0.25, 0.3) is 0 Å². The van der Waals surface area contributed by atoms with Crippen LogP contribution in [-0.2, 0) is 6.42 Å². The molecule has 3 nitrogen and oxygen atoms in total. The number of aryl methyl sites for hydroxylation is 1. The predicted molar refractivity (Wildman–Crippen MR) is 68.0 cm³/mol. The number of aliphatic hydroxyl groups is 1. The molecule has 3 N–H and O–H groups in total. The Hall–Kier alpha value is -1.06. The Labute approximate surface area is 103 Å². The number of nitrogens with two attached hydrogens (primary N) is 1. The Morgan fingerprint density at radius 2 is 2.24 bits per heavy atom. The highest BCUT2D eigenvalue weighted by Gasteiger charge is 2.43. The predicted octanol–water partition coefficient (Wildman–Crippen LogP) is 1.73. The number of hydrogen-bond donors (Lipinski definition) is 2. The maximum atomic E-state index is 10.3. The molecule has 0 spiro atoms. The summed E-state index contributed by atoms with van der Waals surface area (Å²) in [7, 11) is 0. The molecule has 0 radical (unpaired) electrons. The summed E-state index contributed by atoms with van der Waals surface area (Å²) < 4.78 is 5.68. The molecule has 1 fully saturated rings. The van der Waals surface area contributed by atoms with E-state index in [0.29, 0.717) is 12.5 Å². The molecular formula is C14H21NO2. The van der Waals surface area contributed by atoms with E-state index < -0.39 is 5.60 Å². The number of benzene rings is 1. The fourth-order valence-corrected chi connectivity index (χ4v) is 2.03. The average molecular weight is 235 g/mol. The lowest BCUT2D eigenvalue weighted by Crippen LogP contribution is -2.45. The van der Waals surface area contributed by atoms with Gasteiger partial charge >= 0.3 is 0 Å². The summed E-state index contributed by atoms with van der Waals surface area (Å²) in [6.07, 6.45) is 3.11. The zero-order valence-electron chi connectivity index (χ0n) is 10.4. The van der Waals surface area contributed by atoms with E-state index >= 15 is 0 Å². The monoisotopic (exact) mass is 235 g/mol. The number of hydrogen-bond acceptors (Lipinski definition) is 3. The van der Waals surface area contributed by atoms with Crippen LogP contribution in [0.2, 0.25) is 0 Å². The molecule has 2 rings (SSSR count). The molecule has 1 saturated carbocycles. The summed E-state index contributed by atoms with van der Waals surface area (Å²) in [5, 5.41) is 10.3. The third kappa shape index (κ3) is 2.99. The van der Waals surface area contributed by atoms with Crippen molar-refractivity contribution in [2.24, 2.45) is 11.7 Å². The van der Waals surface area contributed by atoms with Gasteiger partial charge in [-0.3, -0.25) is 0 Å². The summed E-state index contributed by atoms with van der Waals surface area (Å²) in [5.74, 6) is 1.14. The molecule has 1 atom stereocenters. The Morgan fingerprint density at radius 1 is 1.47 bits per heavy atom. The van der Waals surface area contributed by atoms with Gasteiger partial charge in [-0.05, 0) is 42.9 Å². The average Bonchev–Trinajstić information content (AvgIpc) is 3.21. The van der Waals surface area contributed by atoms with Gasteiger partial charge in [0.1, 0.15) is 18.0 Å². The molecule has 0 aromatic heterocycles. The Kier molecular flexibility index (Phi) is 3.69. The summed E-state index contributed by atoms with van der Waals surface area (Å²) in [5.41, 5.74) is 6.03. The van der Waals surface area contributed by atoms with Gasteiger partial charge in [0.25, 0.3) is 0 Å². The first-order chi connectivity index (χ1) is 8.18. The number of rotatable bonds is 6. The van der Waals surface area contributed by atoms with Crippen LogP contribution in [0.1, 0.15) is 25.3 Å². The molecule has 0 aliphatic heterocycles. The summed E-state index contributed by atoms with van der Waals surface area (Å²) >= 11 is 0. The van der Waals surface area contributed by atoms with Crippen molar-refractivity contribution < 1.29 is 9.84 Å². The summed E-state index contributed by atoms with van der Waals surface area (Å²) in [6.45, 7) is 2.67. The van der Waals surface area contributed by atoms with E-state index in [0.717, 1.165) is 25.0 Å². The molecule has 1 aliphatic rings. The molecule has 0 heterocycles. The van der Waals surface area contributed by atoms with Crippen LogP contribution in [0.3, 0.4) is 0 Å². The highest BCUT2D eigenvalue weighted by molar-refractivity contribution is 5.28. The standard InChI is InChI=1S/C14H21NO2/c1-2-11-4-3-5-13(8-11)17-10-14(16,9-15)12-6-7-12/h3-5,8,12,16H,2,6-7,9-10,15H2,1H3. The van der Waals surface area contributed by atoms with Crippen molar-refractivity contribution in [2.75, 3.05) is 13.2 Å². The second-order valence-electron chi connectivity index (χ2n) is 4.87. The van der Waals surface area contributed by atoms with Crippen molar-refractivity contribution in [3.63, 3.8) is 0 Å². The lowest BCUT2D eigenvalue weighted by atomic mass is 9.99. The van der Waals surface area contributed by atoms with Gasteiger partial charge in [-0.25, -0.2) is 0 Å². The van der Waals surface area contributed by atoms with Crippen LogP contribution in [0.15, 0.2) is 24.3 Å². The van der Waals surface area contributed by atoms with Crippen LogP contribution >= 0.6 is 0 Å². The van der Waals surface area contributed by atoms with Crippen LogP contribution in [0.5, 0.6) is 5.75 Å². The molecule has 3 heteroatoms. The van der Waals surface area contributed by atoms with Crippen molar-refractivity contribution >= 4 is 0 Å². The van der Waals surface area contributed by atoms with Crippen LogP contribution < -0.4 is 10.5 Å². The molecular weight excluding hydrogens is 214 g/mol. The Bertz CT molecular complexity index is 376. The minimum absolute atomic E-state index is 0.269. The molecule has 94 valence electrons. The van der Waals surface area contributed by atoms with Gasteiger partial charge in [-0.15, -0.1) is 0 Å². The van der Waals surface area contributed by atoms with Crippen molar-refractivity contribution in [3.8, 4) is 5.75 Å². The summed E-state index contributed by atoms with van der Waals surface area (Å²) in [4.78, 5) is 0. The zero-order chi connectivity index (χ0) is 12.3. The van der Waals surface area contributed by atoms with Gasteiger partial charge in [0, 0.05) is 6.54 Å². The molecule has 1 aromatic rings. The Balaban J connectivity index is 1.96. The van der Waals surface area contributed by atoms with E-state index in [2.05, 4.69) is 13.0 Å². The molecule has 1 aliphatic carbocycles. The first-order valence-electron chi connectivity index (χ1n) is 6.32. The Morgan fingerprint density at radius 3 is 2.82 bits per heavy atom. The largest absolute Gasteiger partial charge is 0.491 e. The molecule has 1 unspecified atom stereocenters. The van der Waals surface area contributed by atoms with Crippen molar-refractivity contribution in [1.82, 2.24) is 0 Å². The highest BCUT2D eigenvalue weighted by atomic mass is 16.5. The van der Waals surface area contributed by atoms with Crippen LogP contribution in [-0.4, -0.2) is 23.9 Å². The SMILES string of the molecule is CCc1cccc(OCC(O)(CN)C2CC2)c1. The quantitative estimate of drug-likeness (QED) is 0.789. The van der Waals surface area contributed by atoms with Crippen molar-refractivity contribution in [3.05, 3.63) is 29.8 Å². The normalized spacial score (nSPS) is 18.8. The first kappa shape index (κ1) is 12.4. The minimum Gasteiger partial charge on any atom is -0.491 e. The van der Waals surface area contributed by atoms with Crippen molar-refractivity contribution in [2.45, 2.75) is 31.8 Å². The molecule has 17 heavy (non-hydrogen) atoms. The van der Waals surface area contributed by atoms with E-state index in [9.17, 15) is 5.11 Å². The maximum Gasteiger partial charge on any atom is 0.119 e. The highest BCUT2D eigenvalue weighted by Crippen LogP contribution is 2.39. The molecule has 0 amide bonds. The van der Waals surface area contributed by atoms with Gasteiger partial charge in [0.15, 0.2) is 0 Å². The number of ether oxygens (including phenoxy) is 1. The van der Waals surface area contributed by atoms with Gasteiger partial charge in [-0.1, -0.05) is 19.1 Å². The van der Waals surface area contributed by atoms with Crippen molar-refractivity contribution in [1.29, 1.82) is 0 Å². The van der Waals surface area contributed by atoms with Gasteiger partial charge in [0.05, 0.1) is 0 Å². The fourth-order valence-electron chi connectivity index (χ4n) is 2.03. The topological polar surface area (TPSA) is 55.5 Å². The van der Waals surface area contributed by atoms with E-state index in [1.165, 1.54) is 5.56 Å². The van der Waals surface area contributed by atoms with Crippen LogP contribution in [0.4, 0.5) is 0 Å². The lowest BCUT2D eigenvalue weighted by Gasteiger charge is -2.26. The smallest absolute Gasteiger partial charge is 0.119 e. The second-order valence-corrected chi connectivity index (χ2v) is 4.87. The van der Waals surface area contributed by atoms with E-state index in [4.69, 9.17) is 10.5 Å². The van der Waals surface area contributed by atoms with E-state index in [-0.39, 0.29) is 6.54 Å². The second kappa shape index (κ2) is 5.07. The van der Waals surface area contributed by atoms with E-state index in [1.807, 2.05) is 18.2 Å². The minimum atomic E-state index is -0.845. The molecule has 0 saturated heterocycles. The third-order valence-corrected chi connectivity index (χ3v) is 3.49. The van der Waals surface area contributed by atoms with E-state index in [1.54, 1.807) is 0 Å². The maximum absolute atomic E-state index is 10.3. The first-order valence-corrected chi connectivity index (χ1v) is 6.32. The summed E-state index contributed by atoms with van der Waals surface area (Å²) in [6, 6.07) is 7.99. The lowest BCUT2D eigenvalue weighted by molar-refractivity contribution is -0.0162. The van der Waals surface area contributed by atoms with Gasteiger partial charge in [0.2, 0.25) is 0 Å². The van der Waals surface area contributed by atoms with Gasteiger partial charge < -0.3 is 15.6 Å². The molecule has 1 aromatic carbocycles. The third-order valence-electron chi connectivity index (χ3n) is 3.49.